The van der Waals surface area contributed by atoms with Crippen LogP contribution >= 0.6 is 0 Å². The molecule has 2 aromatic heterocycles. The first kappa shape index (κ1) is 36.0. The van der Waals surface area contributed by atoms with Gasteiger partial charge in [-0.2, -0.15) is 0 Å². The summed E-state index contributed by atoms with van der Waals surface area (Å²) in [6.45, 7) is 12.0. The molecule has 4 nitrogen and oxygen atoms in total. The van der Waals surface area contributed by atoms with Gasteiger partial charge in [-0.15, -0.1) is 0 Å². The minimum absolute atomic E-state index is 0.0313. The number of benzene rings is 7. The molecule has 0 spiro atoms. The van der Waals surface area contributed by atoms with Crippen LogP contribution in [0.3, 0.4) is 0 Å². The van der Waals surface area contributed by atoms with E-state index in [-0.39, 0.29) is 17.5 Å². The van der Waals surface area contributed by atoms with E-state index in [1.165, 1.54) is 72.6 Å². The van der Waals surface area contributed by atoms with Gasteiger partial charge in [-0.25, -0.2) is 0 Å². The largest absolute Gasteiger partial charge is 0.456 e. The van der Waals surface area contributed by atoms with Gasteiger partial charge in [-0.05, 0) is 160 Å². The number of rotatable bonds is 4. The molecule has 0 bridgehead atoms. The summed E-state index contributed by atoms with van der Waals surface area (Å²) in [5.41, 5.74) is 22.9. The minimum atomic E-state index is 0.0313. The number of hydrogen-bond acceptors (Lipinski definition) is 4. The topological polar surface area (TPSA) is 32.8 Å². The van der Waals surface area contributed by atoms with E-state index < -0.39 is 0 Å². The number of anilines is 6. The maximum Gasteiger partial charge on any atom is 0.252 e. The Kier molecular flexibility index (Phi) is 7.36. The Morgan fingerprint density at radius 3 is 1.68 bits per heavy atom. The van der Waals surface area contributed by atoms with Gasteiger partial charge in [0.25, 0.3) is 6.71 Å². The zero-order valence-electron chi connectivity index (χ0n) is 36.0. The van der Waals surface area contributed by atoms with E-state index in [0.717, 1.165) is 76.0 Å². The van der Waals surface area contributed by atoms with Crippen molar-refractivity contribution in [3.8, 4) is 22.6 Å². The highest BCUT2D eigenvalue weighted by Crippen LogP contribution is 2.49. The van der Waals surface area contributed by atoms with Crippen molar-refractivity contribution in [3.63, 3.8) is 0 Å². The lowest BCUT2D eigenvalue weighted by atomic mass is 9.33. The summed E-state index contributed by atoms with van der Waals surface area (Å²) in [7, 11) is 0. The second kappa shape index (κ2) is 12.7. The fourth-order valence-electron chi connectivity index (χ4n) is 11.6. The Hall–Kier alpha value is -6.72. The number of para-hydroxylation sites is 2. The second-order valence-corrected chi connectivity index (χ2v) is 20.1. The van der Waals surface area contributed by atoms with Crippen LogP contribution in [0, 0.1) is 17.8 Å². The van der Waals surface area contributed by atoms with Crippen molar-refractivity contribution in [2.24, 2.45) is 10.8 Å². The summed E-state index contributed by atoms with van der Waals surface area (Å²) in [5, 5.41) is 2.21. The summed E-state index contributed by atoms with van der Waals surface area (Å²) >= 11 is 0. The van der Waals surface area contributed by atoms with Gasteiger partial charge in [-0.1, -0.05) is 100 Å². The fraction of sp³-hybridized carbons (Fsp3) is 0.193. The van der Waals surface area contributed by atoms with E-state index in [1.807, 2.05) is 18.2 Å². The number of furan rings is 2. The Morgan fingerprint density at radius 2 is 1.02 bits per heavy atom. The van der Waals surface area contributed by atoms with Crippen molar-refractivity contribution < 1.29 is 8.83 Å². The van der Waals surface area contributed by atoms with Gasteiger partial charge >= 0.3 is 0 Å². The van der Waals surface area contributed by atoms with Gasteiger partial charge in [-0.3, -0.25) is 0 Å². The van der Waals surface area contributed by atoms with Gasteiger partial charge in [0.05, 0.1) is 0 Å². The van der Waals surface area contributed by atoms with E-state index in [4.69, 9.17) is 8.83 Å². The third kappa shape index (κ3) is 5.46. The number of nitrogens with zero attached hydrogens (tertiary/aromatic N) is 2. The van der Waals surface area contributed by atoms with E-state index in [1.54, 1.807) is 0 Å². The van der Waals surface area contributed by atoms with Crippen LogP contribution in [0.2, 0.25) is 0 Å². The standard InChI is InChI=1S/C57H47BN2O2/c1-34-21-49-55-50(22-34)60(44-19-17-39-30-56(2,3)31-40(39)24-44)48-27-42-33-57(4,5)32-41(42)25-46(48)58(55)45-20-18-38(54-29-37-12-7-9-16-52(37)62-54)26-47(45)59(49)43-14-10-13-35(23-43)53-28-36-11-6-8-15-51(36)61-53/h6-29H,30-33H2,1-5H3. The van der Waals surface area contributed by atoms with Crippen LogP contribution in [0.4, 0.5) is 34.1 Å². The van der Waals surface area contributed by atoms with Gasteiger partial charge < -0.3 is 18.6 Å². The molecule has 5 heteroatoms. The van der Waals surface area contributed by atoms with Gasteiger partial charge in [0.15, 0.2) is 0 Å². The van der Waals surface area contributed by atoms with E-state index in [9.17, 15) is 0 Å². The SMILES string of the molecule is Cc1cc2c3c(c1)N(c1ccc4c(c1)CC(C)(C)C4)c1cc4c(cc1B3c1ccc(-c3cc5ccccc5o3)cc1N2c1cccc(-c2cc3ccccc3o2)c1)CC(C)(C)C4. The third-order valence-corrected chi connectivity index (χ3v) is 14.2. The molecule has 300 valence electrons. The highest BCUT2D eigenvalue weighted by Gasteiger charge is 2.45. The molecule has 4 aliphatic rings. The summed E-state index contributed by atoms with van der Waals surface area (Å²) in [4.78, 5) is 5.13. The van der Waals surface area contributed by atoms with Crippen molar-refractivity contribution in [2.45, 2.75) is 60.3 Å². The smallest absolute Gasteiger partial charge is 0.252 e. The van der Waals surface area contributed by atoms with Crippen LogP contribution < -0.4 is 26.2 Å². The van der Waals surface area contributed by atoms with Crippen molar-refractivity contribution >= 4 is 79.2 Å². The quantitative estimate of drug-likeness (QED) is 0.166. The molecule has 7 aromatic carbocycles. The predicted molar refractivity (Wildman–Crippen MR) is 258 cm³/mol. The number of fused-ring (bicyclic) bond motifs is 8. The normalized spacial score (nSPS) is 16.4. The van der Waals surface area contributed by atoms with Crippen LogP contribution in [0.25, 0.3) is 44.6 Å². The van der Waals surface area contributed by atoms with E-state index >= 15 is 0 Å². The predicted octanol–water partition coefficient (Wildman–Crippen LogP) is 13.2. The molecule has 2 aliphatic heterocycles. The second-order valence-electron chi connectivity index (χ2n) is 20.1. The molecule has 13 rings (SSSR count). The highest BCUT2D eigenvalue weighted by atomic mass is 16.3. The molecule has 0 saturated carbocycles. The van der Waals surface area contributed by atoms with E-state index in [2.05, 4.69) is 172 Å². The fourth-order valence-corrected chi connectivity index (χ4v) is 11.6. The maximum absolute atomic E-state index is 6.56. The molecule has 0 radical (unpaired) electrons. The lowest BCUT2D eigenvalue weighted by Crippen LogP contribution is -2.61. The zero-order chi connectivity index (χ0) is 41.6. The van der Waals surface area contributed by atoms with Crippen molar-refractivity contribution in [3.05, 3.63) is 173 Å². The Bertz CT molecular complexity index is 3300. The molecule has 0 amide bonds. The van der Waals surface area contributed by atoms with Crippen LogP contribution in [0.1, 0.15) is 55.5 Å². The Morgan fingerprint density at radius 1 is 0.452 bits per heavy atom. The first-order valence-corrected chi connectivity index (χ1v) is 22.3. The summed E-state index contributed by atoms with van der Waals surface area (Å²) in [6, 6.07) is 54.2. The molecule has 0 fully saturated rings. The average Bonchev–Trinajstić information content (AvgIpc) is 4.03. The molecule has 0 saturated heterocycles. The third-order valence-electron chi connectivity index (χ3n) is 14.2. The van der Waals surface area contributed by atoms with Crippen LogP contribution in [-0.4, -0.2) is 6.71 Å². The summed E-state index contributed by atoms with van der Waals surface area (Å²) in [6.07, 6.45) is 4.40. The van der Waals surface area contributed by atoms with Crippen LogP contribution in [-0.2, 0) is 25.7 Å². The monoisotopic (exact) mass is 802 g/mol. The first-order chi connectivity index (χ1) is 30.0. The molecule has 4 heterocycles. The van der Waals surface area contributed by atoms with Crippen LogP contribution in [0.15, 0.2) is 154 Å². The Labute approximate surface area is 363 Å². The molecular weight excluding hydrogens is 755 g/mol. The number of hydrogen-bond donors (Lipinski definition) is 0. The molecule has 62 heavy (non-hydrogen) atoms. The molecule has 0 N–H and O–H groups in total. The maximum atomic E-state index is 6.56. The first-order valence-electron chi connectivity index (χ1n) is 22.3. The highest BCUT2D eigenvalue weighted by molar-refractivity contribution is 7.00. The summed E-state index contributed by atoms with van der Waals surface area (Å²) < 4.78 is 13.0. The van der Waals surface area contributed by atoms with Crippen molar-refractivity contribution in [1.29, 1.82) is 0 Å². The minimum Gasteiger partial charge on any atom is -0.456 e. The molecule has 2 aliphatic carbocycles. The Balaban J connectivity index is 1.07. The lowest BCUT2D eigenvalue weighted by Gasteiger charge is -2.44. The number of aryl methyl sites for hydroxylation is 1. The average molecular weight is 803 g/mol. The lowest BCUT2D eigenvalue weighted by molar-refractivity contribution is 0.392. The molecule has 9 aromatic rings. The van der Waals surface area contributed by atoms with Gasteiger partial charge in [0.1, 0.15) is 22.7 Å². The van der Waals surface area contributed by atoms with Crippen molar-refractivity contribution in [2.75, 3.05) is 9.80 Å². The van der Waals surface area contributed by atoms with Gasteiger partial charge in [0, 0.05) is 56.0 Å². The molecule has 0 unspecified atom stereocenters. The van der Waals surface area contributed by atoms with Crippen LogP contribution in [0.5, 0.6) is 0 Å². The zero-order valence-corrected chi connectivity index (χ0v) is 36.0. The van der Waals surface area contributed by atoms with Gasteiger partial charge in [0.2, 0.25) is 0 Å². The molecule has 0 atom stereocenters. The summed E-state index contributed by atoms with van der Waals surface area (Å²) in [5.74, 6) is 1.73. The molecular formula is C57H47BN2O2. The van der Waals surface area contributed by atoms with Crippen molar-refractivity contribution in [1.82, 2.24) is 0 Å². The van der Waals surface area contributed by atoms with E-state index in [0.29, 0.717) is 0 Å².